The molecule has 0 saturated heterocycles. The molecule has 1 heterocycles. The first-order chi connectivity index (χ1) is 6.32. The molecule has 0 amide bonds. The topological polar surface area (TPSA) is 3.24 Å². The summed E-state index contributed by atoms with van der Waals surface area (Å²) in [5.41, 5.74) is 3.64. The van der Waals surface area contributed by atoms with E-state index in [2.05, 4.69) is 50.2 Å². The normalized spacial score (nSPS) is 23.0. The van der Waals surface area contributed by atoms with Crippen molar-refractivity contribution in [1.29, 1.82) is 0 Å². The summed E-state index contributed by atoms with van der Waals surface area (Å²) in [7, 11) is 0. The Hall–Kier alpha value is -0.250. The molecule has 1 aromatic carbocycles. The monoisotopic (exact) mass is 285 g/mol. The lowest BCUT2D eigenvalue weighted by Gasteiger charge is -2.31. The summed E-state index contributed by atoms with van der Waals surface area (Å²) in [5, 5.41) is 0. The number of halogens is 1. The Morgan fingerprint density at radius 3 is 2.69 bits per heavy atom. The fourth-order valence-corrected chi connectivity index (χ4v) is 3.03. The molecule has 1 fully saturated rings. The van der Waals surface area contributed by atoms with Gasteiger partial charge >= 0.3 is 0 Å². The molecule has 1 spiro atoms. The molecule has 1 aromatic rings. The van der Waals surface area contributed by atoms with E-state index in [4.69, 9.17) is 0 Å². The van der Waals surface area contributed by atoms with Crippen LogP contribution in [0, 0.1) is 0 Å². The summed E-state index contributed by atoms with van der Waals surface area (Å²) in [6, 6.07) is 8.88. The highest BCUT2D eigenvalue weighted by atomic mass is 127. The van der Waals surface area contributed by atoms with Gasteiger partial charge in [-0.05, 0) is 36.3 Å². The standard InChI is InChI=1S/C11H12IN/c12-13-8-7-11(5-6-11)9-3-1-2-4-10(9)13/h1-4H,5-8H2. The molecule has 0 radical (unpaired) electrons. The highest BCUT2D eigenvalue weighted by Gasteiger charge is 2.47. The predicted octanol–water partition coefficient (Wildman–Crippen LogP) is 3.28. The minimum absolute atomic E-state index is 0.596. The molecule has 0 aromatic heterocycles. The molecule has 0 bridgehead atoms. The molecule has 1 aliphatic carbocycles. The molecule has 2 heteroatoms. The zero-order chi connectivity index (χ0) is 8.89. The van der Waals surface area contributed by atoms with Crippen LogP contribution in [0.15, 0.2) is 24.3 Å². The van der Waals surface area contributed by atoms with Gasteiger partial charge in [0.15, 0.2) is 0 Å². The zero-order valence-corrected chi connectivity index (χ0v) is 9.62. The van der Waals surface area contributed by atoms with Crippen LogP contribution in [0.5, 0.6) is 0 Å². The third-order valence-electron chi connectivity index (χ3n) is 3.38. The summed E-state index contributed by atoms with van der Waals surface area (Å²) in [6.07, 6.45) is 4.18. The zero-order valence-electron chi connectivity index (χ0n) is 7.46. The average Bonchev–Trinajstić information content (AvgIpc) is 2.94. The lowest BCUT2D eigenvalue weighted by atomic mass is 9.88. The minimum atomic E-state index is 0.596. The maximum atomic E-state index is 2.43. The van der Waals surface area contributed by atoms with Crippen LogP contribution in [0.3, 0.4) is 0 Å². The van der Waals surface area contributed by atoms with E-state index >= 15 is 0 Å². The van der Waals surface area contributed by atoms with Crippen molar-refractivity contribution in [2.24, 2.45) is 0 Å². The van der Waals surface area contributed by atoms with Crippen molar-refractivity contribution in [3.63, 3.8) is 0 Å². The Labute approximate surface area is 92.6 Å². The maximum absolute atomic E-state index is 2.43. The Morgan fingerprint density at radius 1 is 1.15 bits per heavy atom. The fraction of sp³-hybridized carbons (Fsp3) is 0.455. The van der Waals surface area contributed by atoms with Crippen molar-refractivity contribution in [2.45, 2.75) is 24.7 Å². The lowest BCUT2D eigenvalue weighted by Crippen LogP contribution is -2.26. The molecule has 0 N–H and O–H groups in total. The number of hydrogen-bond acceptors (Lipinski definition) is 1. The van der Waals surface area contributed by atoms with Crippen molar-refractivity contribution in [3.8, 4) is 0 Å². The maximum Gasteiger partial charge on any atom is 0.0591 e. The molecule has 1 aliphatic heterocycles. The van der Waals surface area contributed by atoms with Gasteiger partial charge in [0.25, 0.3) is 0 Å². The van der Waals surface area contributed by atoms with Crippen LogP contribution in [0.25, 0.3) is 0 Å². The quantitative estimate of drug-likeness (QED) is 0.522. The molecule has 68 valence electrons. The van der Waals surface area contributed by atoms with Gasteiger partial charge in [-0.3, -0.25) is 0 Å². The van der Waals surface area contributed by atoms with Crippen LogP contribution in [0.2, 0.25) is 0 Å². The van der Waals surface area contributed by atoms with E-state index in [-0.39, 0.29) is 0 Å². The van der Waals surface area contributed by atoms with Crippen LogP contribution in [0.1, 0.15) is 24.8 Å². The fourth-order valence-electron chi connectivity index (χ4n) is 2.37. The average molecular weight is 285 g/mol. The third-order valence-corrected chi connectivity index (χ3v) is 4.38. The molecule has 2 aliphatic rings. The first-order valence-electron chi connectivity index (χ1n) is 4.85. The van der Waals surface area contributed by atoms with Crippen molar-refractivity contribution in [3.05, 3.63) is 29.8 Å². The number of anilines is 1. The number of rotatable bonds is 0. The number of benzene rings is 1. The minimum Gasteiger partial charge on any atom is -0.314 e. The molecule has 0 unspecified atom stereocenters. The lowest BCUT2D eigenvalue weighted by molar-refractivity contribution is 0.611. The van der Waals surface area contributed by atoms with E-state index in [9.17, 15) is 0 Å². The second-order valence-corrected chi connectivity index (χ2v) is 5.30. The van der Waals surface area contributed by atoms with E-state index in [1.807, 2.05) is 0 Å². The van der Waals surface area contributed by atoms with Crippen molar-refractivity contribution < 1.29 is 0 Å². The van der Waals surface area contributed by atoms with E-state index in [1.54, 1.807) is 5.56 Å². The van der Waals surface area contributed by atoms with Crippen molar-refractivity contribution >= 4 is 28.6 Å². The predicted molar refractivity (Wildman–Crippen MR) is 63.3 cm³/mol. The van der Waals surface area contributed by atoms with Gasteiger partial charge in [0.2, 0.25) is 0 Å². The first kappa shape index (κ1) is 8.09. The van der Waals surface area contributed by atoms with Crippen LogP contribution < -0.4 is 3.11 Å². The summed E-state index contributed by atoms with van der Waals surface area (Å²) >= 11 is 2.43. The molecule has 3 rings (SSSR count). The largest absolute Gasteiger partial charge is 0.314 e. The molecular weight excluding hydrogens is 273 g/mol. The van der Waals surface area contributed by atoms with Gasteiger partial charge in [-0.15, -0.1) is 0 Å². The molecule has 1 saturated carbocycles. The van der Waals surface area contributed by atoms with E-state index in [0.29, 0.717) is 5.41 Å². The molecule has 13 heavy (non-hydrogen) atoms. The van der Waals surface area contributed by atoms with E-state index in [0.717, 1.165) is 0 Å². The molecular formula is C11H12IN. The van der Waals surface area contributed by atoms with Crippen LogP contribution in [-0.4, -0.2) is 6.54 Å². The third kappa shape index (κ3) is 1.11. The van der Waals surface area contributed by atoms with E-state index in [1.165, 1.54) is 31.5 Å². The van der Waals surface area contributed by atoms with Crippen LogP contribution in [0.4, 0.5) is 5.69 Å². The second kappa shape index (κ2) is 2.62. The second-order valence-electron chi connectivity index (χ2n) is 4.13. The molecule has 1 nitrogen and oxygen atoms in total. The SMILES string of the molecule is IN1CCC2(CC2)c2ccccc21. The Balaban J connectivity index is 2.16. The highest BCUT2D eigenvalue weighted by molar-refractivity contribution is 14.1. The summed E-state index contributed by atoms with van der Waals surface area (Å²) in [5.74, 6) is 0. The Bertz CT molecular complexity index is 344. The van der Waals surface area contributed by atoms with E-state index < -0.39 is 0 Å². The number of nitrogens with zero attached hydrogens (tertiary/aromatic N) is 1. The van der Waals surface area contributed by atoms with Gasteiger partial charge < -0.3 is 3.11 Å². The Kier molecular flexibility index (Phi) is 1.63. The van der Waals surface area contributed by atoms with Gasteiger partial charge in [0.1, 0.15) is 0 Å². The van der Waals surface area contributed by atoms with Crippen LogP contribution >= 0.6 is 22.9 Å². The van der Waals surface area contributed by atoms with Crippen molar-refractivity contribution in [2.75, 3.05) is 9.66 Å². The smallest absolute Gasteiger partial charge is 0.0591 e. The number of para-hydroxylation sites is 1. The molecule has 0 atom stereocenters. The summed E-state index contributed by atoms with van der Waals surface area (Å²) in [4.78, 5) is 0. The first-order valence-corrected chi connectivity index (χ1v) is 5.81. The summed E-state index contributed by atoms with van der Waals surface area (Å²) < 4.78 is 2.36. The van der Waals surface area contributed by atoms with Crippen LogP contribution in [-0.2, 0) is 5.41 Å². The number of fused-ring (bicyclic) bond motifs is 2. The van der Waals surface area contributed by atoms with Gasteiger partial charge in [0, 0.05) is 12.2 Å². The Morgan fingerprint density at radius 2 is 1.92 bits per heavy atom. The van der Waals surface area contributed by atoms with Gasteiger partial charge in [-0.1, -0.05) is 18.2 Å². The summed E-state index contributed by atoms with van der Waals surface area (Å²) in [6.45, 7) is 1.22. The van der Waals surface area contributed by atoms with Gasteiger partial charge in [-0.2, -0.15) is 0 Å². The highest BCUT2D eigenvalue weighted by Crippen LogP contribution is 2.56. The van der Waals surface area contributed by atoms with Crippen molar-refractivity contribution in [1.82, 2.24) is 0 Å². The van der Waals surface area contributed by atoms with Gasteiger partial charge in [0.05, 0.1) is 22.9 Å². The number of hydrogen-bond donors (Lipinski definition) is 0. The van der Waals surface area contributed by atoms with Gasteiger partial charge in [-0.25, -0.2) is 0 Å².